The van der Waals surface area contributed by atoms with Crippen LogP contribution in [0, 0.1) is 5.92 Å². The minimum Gasteiger partial charge on any atom is -0.343 e. The molecule has 1 aromatic heterocycles. The van der Waals surface area contributed by atoms with Crippen molar-refractivity contribution < 1.29 is 14.4 Å². The van der Waals surface area contributed by atoms with Crippen LogP contribution in [0.2, 0.25) is 0 Å². The number of carbonyl (C=O) groups excluding carboxylic acids is 3. The van der Waals surface area contributed by atoms with Gasteiger partial charge in [0.1, 0.15) is 0 Å². The zero-order valence-electron chi connectivity index (χ0n) is 27.5. The molecule has 10 heteroatoms. The molecule has 0 unspecified atom stereocenters. The quantitative estimate of drug-likeness (QED) is 0.420. The van der Waals surface area contributed by atoms with E-state index in [2.05, 4.69) is 39.3 Å². The van der Waals surface area contributed by atoms with Gasteiger partial charge in [0.25, 0.3) is 0 Å². The lowest BCUT2D eigenvalue weighted by Crippen LogP contribution is -2.54. The molecule has 3 saturated heterocycles. The molecule has 0 aliphatic carbocycles. The average molecular weight is 638 g/mol. The maximum absolute atomic E-state index is 14.2. The summed E-state index contributed by atoms with van der Waals surface area (Å²) in [5.74, 6) is -0.314. The van der Waals surface area contributed by atoms with Crippen LogP contribution in [0.4, 0.5) is 10.5 Å². The molecule has 4 aliphatic rings. The van der Waals surface area contributed by atoms with Gasteiger partial charge in [-0.3, -0.25) is 19.5 Å². The van der Waals surface area contributed by atoms with Crippen molar-refractivity contribution in [1.82, 2.24) is 29.5 Å². The van der Waals surface area contributed by atoms with Gasteiger partial charge in [-0.15, -0.1) is 0 Å². The molecule has 1 N–H and O–H groups in total. The number of urea groups is 1. The number of piperazine rings is 1. The molecular formula is C37H47N7O3. The van der Waals surface area contributed by atoms with E-state index in [1.165, 1.54) is 0 Å². The Bertz CT molecular complexity index is 1580. The fourth-order valence-electron chi connectivity index (χ4n) is 8.03. The van der Waals surface area contributed by atoms with E-state index in [0.29, 0.717) is 32.1 Å². The highest BCUT2D eigenvalue weighted by molar-refractivity contribution is 5.92. The van der Waals surface area contributed by atoms with Crippen LogP contribution < -0.4 is 5.32 Å². The predicted octanol–water partition coefficient (Wildman–Crippen LogP) is 4.06. The van der Waals surface area contributed by atoms with E-state index in [4.69, 9.17) is 0 Å². The lowest BCUT2D eigenvalue weighted by atomic mass is 9.90. The van der Waals surface area contributed by atoms with Gasteiger partial charge in [-0.05, 0) is 68.5 Å². The maximum Gasteiger partial charge on any atom is 0.322 e. The van der Waals surface area contributed by atoms with Crippen molar-refractivity contribution in [1.29, 1.82) is 0 Å². The van der Waals surface area contributed by atoms with Gasteiger partial charge in [0.15, 0.2) is 0 Å². The number of nitrogens with zero attached hydrogens (tertiary/aromatic N) is 6. The number of amides is 4. The first kappa shape index (κ1) is 31.6. The number of anilines is 1. The van der Waals surface area contributed by atoms with E-state index in [-0.39, 0.29) is 30.3 Å². The van der Waals surface area contributed by atoms with Gasteiger partial charge >= 0.3 is 6.03 Å². The lowest BCUT2D eigenvalue weighted by molar-refractivity contribution is -0.143. The summed E-state index contributed by atoms with van der Waals surface area (Å²) < 4.78 is 0. The summed E-state index contributed by atoms with van der Waals surface area (Å²) in [6.07, 6.45) is 5.94. The van der Waals surface area contributed by atoms with Crippen molar-refractivity contribution in [2.45, 2.75) is 57.2 Å². The first-order valence-electron chi connectivity index (χ1n) is 17.4. The highest BCUT2D eigenvalue weighted by Gasteiger charge is 2.36. The van der Waals surface area contributed by atoms with E-state index in [0.717, 1.165) is 92.7 Å². The Balaban J connectivity index is 1.01. The van der Waals surface area contributed by atoms with Crippen LogP contribution in [0.25, 0.3) is 10.9 Å². The third-order valence-corrected chi connectivity index (χ3v) is 10.9. The van der Waals surface area contributed by atoms with Crippen molar-refractivity contribution in [3.8, 4) is 0 Å². The van der Waals surface area contributed by atoms with Gasteiger partial charge in [-0.25, -0.2) is 4.79 Å². The lowest BCUT2D eigenvalue weighted by Gasteiger charge is -2.43. The summed E-state index contributed by atoms with van der Waals surface area (Å²) in [7, 11) is 2.18. The summed E-state index contributed by atoms with van der Waals surface area (Å²) in [5.41, 5.74) is 3.96. The summed E-state index contributed by atoms with van der Waals surface area (Å²) >= 11 is 0. The number of likely N-dealkylation sites (N-methyl/N-ethyl adjacent to an activating group) is 1. The Kier molecular flexibility index (Phi) is 9.40. The van der Waals surface area contributed by atoms with Crippen molar-refractivity contribution in [2.75, 3.05) is 64.7 Å². The molecule has 5 heterocycles. The summed E-state index contributed by atoms with van der Waals surface area (Å²) in [5, 5.41) is 4.06. The number of carbonyl (C=O) groups is 3. The second-order valence-electron chi connectivity index (χ2n) is 13.8. The van der Waals surface area contributed by atoms with Gasteiger partial charge in [-0.2, -0.15) is 0 Å². The SMILES string of the molecule is CN1CCN(C2CCN(C(=O)[C@@H](CC(=O)N3CCC(N4Cc5ccccc5NC4=O)CC3)Cc3ccnc4ccccc34)CC2)CC1. The number of piperidine rings is 2. The fourth-order valence-corrected chi connectivity index (χ4v) is 8.03. The minimum atomic E-state index is -0.435. The second-order valence-corrected chi connectivity index (χ2v) is 13.8. The fraction of sp³-hybridized carbons (Fsp3) is 0.514. The molecule has 4 amide bonds. The standard InChI is InChI=1S/C37H47N7O3/c1-40-20-22-41(23-21-40)30-11-18-43(19-12-30)36(46)29(24-27-10-15-38-34-9-5-3-7-32(27)34)25-35(45)42-16-13-31(14-17-42)44-26-28-6-2-4-8-33(28)39-37(44)47/h2-10,15,29-31H,11-14,16-26H2,1H3,(H,39,47)/t29-/m1/s1. The third kappa shape index (κ3) is 6.99. The number of benzene rings is 2. The molecule has 0 saturated carbocycles. The number of likely N-dealkylation sites (tertiary alicyclic amines) is 2. The molecule has 3 fully saturated rings. The van der Waals surface area contributed by atoms with Crippen LogP contribution >= 0.6 is 0 Å². The molecule has 1 atom stereocenters. The Morgan fingerprint density at radius 1 is 0.830 bits per heavy atom. The normalized spacial score (nSPS) is 21.0. The van der Waals surface area contributed by atoms with Crippen LogP contribution in [0.15, 0.2) is 60.8 Å². The van der Waals surface area contributed by atoms with Crippen LogP contribution in [-0.4, -0.2) is 119 Å². The summed E-state index contributed by atoms with van der Waals surface area (Å²) in [6.45, 7) is 7.62. The summed E-state index contributed by atoms with van der Waals surface area (Å²) in [6, 6.07) is 18.5. The van der Waals surface area contributed by atoms with E-state index in [9.17, 15) is 14.4 Å². The van der Waals surface area contributed by atoms with Crippen LogP contribution in [0.1, 0.15) is 43.2 Å². The zero-order chi connectivity index (χ0) is 32.3. The van der Waals surface area contributed by atoms with Gasteiger partial charge in [0, 0.05) is 94.7 Å². The zero-order valence-corrected chi connectivity index (χ0v) is 27.5. The van der Waals surface area contributed by atoms with Gasteiger partial charge in [-0.1, -0.05) is 36.4 Å². The molecule has 7 rings (SSSR count). The number of pyridine rings is 1. The molecule has 47 heavy (non-hydrogen) atoms. The highest BCUT2D eigenvalue weighted by atomic mass is 16.2. The maximum atomic E-state index is 14.2. The number of hydrogen-bond donors (Lipinski definition) is 1. The molecule has 4 aliphatic heterocycles. The van der Waals surface area contributed by atoms with Crippen LogP contribution in [-0.2, 0) is 22.6 Å². The minimum absolute atomic E-state index is 0.0286. The first-order valence-corrected chi connectivity index (χ1v) is 17.4. The van der Waals surface area contributed by atoms with E-state index in [1.807, 2.05) is 63.4 Å². The van der Waals surface area contributed by atoms with Crippen molar-refractivity contribution in [2.24, 2.45) is 5.92 Å². The molecule has 2 aromatic carbocycles. The van der Waals surface area contributed by atoms with Crippen LogP contribution in [0.5, 0.6) is 0 Å². The van der Waals surface area contributed by atoms with Crippen LogP contribution in [0.3, 0.4) is 0 Å². The number of rotatable bonds is 7. The number of fused-ring (bicyclic) bond motifs is 2. The second kappa shape index (κ2) is 14.0. The Labute approximate surface area is 277 Å². The molecule has 0 radical (unpaired) electrons. The Morgan fingerprint density at radius 3 is 2.30 bits per heavy atom. The van der Waals surface area contributed by atoms with E-state index < -0.39 is 5.92 Å². The number of hydrogen-bond acceptors (Lipinski definition) is 6. The Morgan fingerprint density at radius 2 is 1.51 bits per heavy atom. The van der Waals surface area contributed by atoms with Gasteiger partial charge in [0.2, 0.25) is 11.8 Å². The predicted molar refractivity (Wildman–Crippen MR) is 183 cm³/mol. The molecule has 3 aromatic rings. The average Bonchev–Trinajstić information content (AvgIpc) is 3.11. The van der Waals surface area contributed by atoms with E-state index in [1.54, 1.807) is 0 Å². The smallest absolute Gasteiger partial charge is 0.322 e. The Hall–Kier alpha value is -4.02. The van der Waals surface area contributed by atoms with Gasteiger partial charge in [0.05, 0.1) is 11.4 Å². The topological polar surface area (TPSA) is 92.3 Å². The largest absolute Gasteiger partial charge is 0.343 e. The van der Waals surface area contributed by atoms with Crippen molar-refractivity contribution in [3.05, 3.63) is 71.9 Å². The monoisotopic (exact) mass is 637 g/mol. The van der Waals surface area contributed by atoms with Crippen molar-refractivity contribution in [3.63, 3.8) is 0 Å². The number of aromatic nitrogens is 1. The third-order valence-electron chi connectivity index (χ3n) is 10.9. The molecule has 10 nitrogen and oxygen atoms in total. The molecule has 0 bridgehead atoms. The van der Waals surface area contributed by atoms with Gasteiger partial charge < -0.3 is 24.9 Å². The number of nitrogens with one attached hydrogen (secondary N) is 1. The molecular weight excluding hydrogens is 590 g/mol. The van der Waals surface area contributed by atoms with Crippen molar-refractivity contribution >= 4 is 34.4 Å². The first-order chi connectivity index (χ1) is 22.9. The highest BCUT2D eigenvalue weighted by Crippen LogP contribution is 2.29. The van der Waals surface area contributed by atoms with E-state index >= 15 is 0 Å². The number of para-hydroxylation sites is 2. The molecule has 248 valence electrons. The molecule has 0 spiro atoms. The summed E-state index contributed by atoms with van der Waals surface area (Å²) in [4.78, 5) is 56.4.